The molecule has 0 spiro atoms. The van der Waals surface area contributed by atoms with E-state index in [1.165, 1.54) is 18.2 Å². The Kier molecular flexibility index (Phi) is 5.04. The summed E-state index contributed by atoms with van der Waals surface area (Å²) in [5.41, 5.74) is 1.37. The summed E-state index contributed by atoms with van der Waals surface area (Å²) < 4.78 is 18.4. The summed E-state index contributed by atoms with van der Waals surface area (Å²) in [5, 5.41) is 2.93. The third-order valence-electron chi connectivity index (χ3n) is 2.65. The maximum absolute atomic E-state index is 13.0. The van der Waals surface area contributed by atoms with Crippen molar-refractivity contribution in [3.8, 4) is 5.75 Å². The van der Waals surface area contributed by atoms with Crippen LogP contribution in [0.1, 0.15) is 5.56 Å². The number of aryl methyl sites for hydroxylation is 1. The third-order valence-corrected chi connectivity index (χ3v) is 3.25. The van der Waals surface area contributed by atoms with Gasteiger partial charge in [0, 0.05) is 5.69 Å². The zero-order chi connectivity index (χ0) is 15.4. The highest BCUT2D eigenvalue weighted by molar-refractivity contribution is 6.32. The van der Waals surface area contributed by atoms with E-state index < -0.39 is 11.7 Å². The molecule has 0 saturated carbocycles. The average Bonchev–Trinajstić information content (AvgIpc) is 2.44. The minimum absolute atomic E-state index is 0.0598. The lowest BCUT2D eigenvalue weighted by molar-refractivity contribution is -0.118. The molecule has 0 aliphatic heterocycles. The molecular weight excluding hydrogens is 316 g/mol. The molecular formula is C15H12Cl2FNO2. The molecule has 0 bridgehead atoms. The summed E-state index contributed by atoms with van der Waals surface area (Å²) in [6, 6.07) is 9.20. The quantitative estimate of drug-likeness (QED) is 0.900. The van der Waals surface area contributed by atoms with Crippen molar-refractivity contribution < 1.29 is 13.9 Å². The summed E-state index contributed by atoms with van der Waals surface area (Å²) in [6.45, 7) is 1.68. The van der Waals surface area contributed by atoms with E-state index in [4.69, 9.17) is 27.9 Å². The third kappa shape index (κ3) is 4.34. The molecule has 2 aromatic rings. The molecule has 110 valence electrons. The van der Waals surface area contributed by atoms with Crippen LogP contribution in [0.5, 0.6) is 5.75 Å². The van der Waals surface area contributed by atoms with Gasteiger partial charge in [-0.25, -0.2) is 4.39 Å². The molecule has 6 heteroatoms. The molecule has 0 atom stereocenters. The fourth-order valence-electron chi connectivity index (χ4n) is 1.64. The molecule has 0 radical (unpaired) electrons. The van der Waals surface area contributed by atoms with Crippen LogP contribution in [0, 0.1) is 12.7 Å². The average molecular weight is 328 g/mol. The van der Waals surface area contributed by atoms with Gasteiger partial charge in [-0.3, -0.25) is 4.79 Å². The first-order valence-corrected chi connectivity index (χ1v) is 6.85. The molecule has 2 aromatic carbocycles. The first-order chi connectivity index (χ1) is 9.95. The van der Waals surface area contributed by atoms with Gasteiger partial charge in [0.15, 0.2) is 6.61 Å². The lowest BCUT2D eigenvalue weighted by Gasteiger charge is -2.09. The summed E-state index contributed by atoms with van der Waals surface area (Å²) in [4.78, 5) is 11.8. The molecule has 0 heterocycles. The monoisotopic (exact) mass is 327 g/mol. The molecule has 0 fully saturated rings. The molecule has 21 heavy (non-hydrogen) atoms. The number of ether oxygens (including phenoxy) is 1. The van der Waals surface area contributed by atoms with Gasteiger partial charge in [-0.1, -0.05) is 29.3 Å². The Balaban J connectivity index is 1.95. The molecule has 0 aliphatic carbocycles. The van der Waals surface area contributed by atoms with Gasteiger partial charge in [0.25, 0.3) is 5.91 Å². The Morgan fingerprint density at radius 1 is 1.19 bits per heavy atom. The second-order valence-electron chi connectivity index (χ2n) is 4.40. The van der Waals surface area contributed by atoms with Crippen molar-refractivity contribution in [3.63, 3.8) is 0 Å². The van der Waals surface area contributed by atoms with E-state index >= 15 is 0 Å². The van der Waals surface area contributed by atoms with Crippen LogP contribution in [0.3, 0.4) is 0 Å². The summed E-state index contributed by atoms with van der Waals surface area (Å²) in [5.74, 6) is -0.503. The smallest absolute Gasteiger partial charge is 0.262 e. The lowest BCUT2D eigenvalue weighted by atomic mass is 10.2. The van der Waals surface area contributed by atoms with Gasteiger partial charge in [-0.2, -0.15) is 0 Å². The fraction of sp³-hybridized carbons (Fsp3) is 0.133. The summed E-state index contributed by atoms with van der Waals surface area (Å²) in [6.07, 6.45) is 0. The van der Waals surface area contributed by atoms with E-state index in [2.05, 4.69) is 5.32 Å². The maximum Gasteiger partial charge on any atom is 0.262 e. The van der Waals surface area contributed by atoms with Crippen molar-refractivity contribution in [1.29, 1.82) is 0 Å². The Bertz CT molecular complexity index is 677. The first-order valence-electron chi connectivity index (χ1n) is 6.09. The maximum atomic E-state index is 13.0. The van der Waals surface area contributed by atoms with Gasteiger partial charge >= 0.3 is 0 Å². The molecule has 0 saturated heterocycles. The predicted molar refractivity (Wildman–Crippen MR) is 81.7 cm³/mol. The van der Waals surface area contributed by atoms with Crippen LogP contribution in [0.4, 0.5) is 10.1 Å². The van der Waals surface area contributed by atoms with Crippen molar-refractivity contribution in [3.05, 3.63) is 57.8 Å². The number of hydrogen-bond donors (Lipinski definition) is 1. The van der Waals surface area contributed by atoms with E-state index in [0.717, 1.165) is 5.56 Å². The van der Waals surface area contributed by atoms with E-state index in [1.54, 1.807) is 12.1 Å². The molecule has 3 nitrogen and oxygen atoms in total. The van der Waals surface area contributed by atoms with Gasteiger partial charge in [0.2, 0.25) is 0 Å². The van der Waals surface area contributed by atoms with E-state index in [0.29, 0.717) is 16.5 Å². The van der Waals surface area contributed by atoms with Crippen LogP contribution in [0.25, 0.3) is 0 Å². The highest BCUT2D eigenvalue weighted by Gasteiger charge is 2.08. The number of rotatable bonds is 4. The summed E-state index contributed by atoms with van der Waals surface area (Å²) in [7, 11) is 0. The lowest BCUT2D eigenvalue weighted by Crippen LogP contribution is -2.20. The van der Waals surface area contributed by atoms with Gasteiger partial charge in [0.1, 0.15) is 11.6 Å². The van der Waals surface area contributed by atoms with Gasteiger partial charge < -0.3 is 10.1 Å². The van der Waals surface area contributed by atoms with Crippen molar-refractivity contribution in [2.24, 2.45) is 0 Å². The Morgan fingerprint density at radius 2 is 1.95 bits per heavy atom. The van der Waals surface area contributed by atoms with Crippen molar-refractivity contribution >= 4 is 34.8 Å². The van der Waals surface area contributed by atoms with Gasteiger partial charge in [-0.15, -0.1) is 0 Å². The topological polar surface area (TPSA) is 38.3 Å². The van der Waals surface area contributed by atoms with Crippen molar-refractivity contribution in [2.45, 2.75) is 6.92 Å². The minimum Gasteiger partial charge on any atom is -0.482 e. The molecule has 0 aromatic heterocycles. The Morgan fingerprint density at radius 3 is 2.67 bits per heavy atom. The zero-order valence-corrected chi connectivity index (χ0v) is 12.6. The van der Waals surface area contributed by atoms with Crippen LogP contribution in [0.15, 0.2) is 36.4 Å². The molecule has 0 aliphatic rings. The van der Waals surface area contributed by atoms with Crippen molar-refractivity contribution in [2.75, 3.05) is 11.9 Å². The van der Waals surface area contributed by atoms with Gasteiger partial charge in [0.05, 0.1) is 10.0 Å². The number of halogens is 3. The first kappa shape index (κ1) is 15.6. The number of benzene rings is 2. The number of carbonyl (C=O) groups excluding carboxylic acids is 1. The second-order valence-corrected chi connectivity index (χ2v) is 5.21. The minimum atomic E-state index is -0.544. The van der Waals surface area contributed by atoms with Gasteiger partial charge in [-0.05, 0) is 42.8 Å². The molecule has 1 N–H and O–H groups in total. The number of nitrogens with one attached hydrogen (secondary N) is 1. The predicted octanol–water partition coefficient (Wildman–Crippen LogP) is 4.46. The Labute approximate surface area is 131 Å². The fourth-order valence-corrected chi connectivity index (χ4v) is 1.99. The van der Waals surface area contributed by atoms with Crippen LogP contribution in [0.2, 0.25) is 10.0 Å². The highest BCUT2D eigenvalue weighted by Crippen LogP contribution is 2.25. The van der Waals surface area contributed by atoms with Crippen molar-refractivity contribution in [1.82, 2.24) is 0 Å². The van der Waals surface area contributed by atoms with Crippen LogP contribution in [-0.2, 0) is 4.79 Å². The van der Waals surface area contributed by atoms with E-state index in [-0.39, 0.29) is 11.6 Å². The largest absolute Gasteiger partial charge is 0.482 e. The zero-order valence-electron chi connectivity index (χ0n) is 11.1. The molecule has 0 unspecified atom stereocenters. The number of anilines is 1. The SMILES string of the molecule is Cc1ccc(Cl)c(OCC(=O)Nc2ccc(F)c(Cl)c2)c1. The van der Waals surface area contributed by atoms with E-state index in [9.17, 15) is 9.18 Å². The summed E-state index contributed by atoms with van der Waals surface area (Å²) >= 11 is 11.6. The molecule has 2 rings (SSSR count). The van der Waals surface area contributed by atoms with Crippen LogP contribution < -0.4 is 10.1 Å². The van der Waals surface area contributed by atoms with Crippen LogP contribution >= 0.6 is 23.2 Å². The number of carbonyl (C=O) groups is 1. The number of amides is 1. The van der Waals surface area contributed by atoms with E-state index in [1.807, 2.05) is 13.0 Å². The highest BCUT2D eigenvalue weighted by atomic mass is 35.5. The number of hydrogen-bond acceptors (Lipinski definition) is 2. The molecule has 1 amide bonds. The Hall–Kier alpha value is -1.78. The second kappa shape index (κ2) is 6.78. The van der Waals surface area contributed by atoms with Crippen LogP contribution in [-0.4, -0.2) is 12.5 Å². The normalized spacial score (nSPS) is 10.3. The standard InChI is InChI=1S/C15H12Cl2FNO2/c1-9-2-4-11(16)14(6-9)21-8-15(20)19-10-3-5-13(18)12(17)7-10/h2-7H,8H2,1H3,(H,19,20).